The summed E-state index contributed by atoms with van der Waals surface area (Å²) in [6.07, 6.45) is 1.63. The Labute approximate surface area is 152 Å². The average molecular weight is 350 g/mol. The lowest BCUT2D eigenvalue weighted by Gasteiger charge is -2.19. The van der Waals surface area contributed by atoms with E-state index >= 15 is 0 Å². The van der Waals surface area contributed by atoms with Crippen LogP contribution in [0.2, 0.25) is 0 Å². The standard InChI is InChI=1S/C20H22N4O2/c1-13-11-18(24-26-13)23-19(25)17-10-9-16(12-21-17)22-15-7-5-14(6-8-15)20(2,3)4/h5-12,22H,1-4H3,(H,23,24,25). The number of aryl methyl sites for hydroxylation is 1. The molecule has 0 aliphatic heterocycles. The highest BCUT2D eigenvalue weighted by atomic mass is 16.5. The van der Waals surface area contributed by atoms with Crippen molar-refractivity contribution in [2.45, 2.75) is 33.1 Å². The number of hydrogen-bond donors (Lipinski definition) is 2. The maximum absolute atomic E-state index is 12.1. The van der Waals surface area contributed by atoms with Crippen LogP contribution >= 0.6 is 0 Å². The Bertz CT molecular complexity index is 891. The molecule has 2 N–H and O–H groups in total. The fourth-order valence-corrected chi connectivity index (χ4v) is 2.43. The molecule has 1 amide bonds. The normalized spacial score (nSPS) is 11.2. The van der Waals surface area contributed by atoms with Gasteiger partial charge in [-0.25, -0.2) is 4.98 Å². The second-order valence-corrected chi connectivity index (χ2v) is 7.16. The summed E-state index contributed by atoms with van der Waals surface area (Å²) in [7, 11) is 0. The van der Waals surface area contributed by atoms with Gasteiger partial charge in [-0.05, 0) is 42.2 Å². The molecule has 0 aliphatic rings. The van der Waals surface area contributed by atoms with Gasteiger partial charge in [0.2, 0.25) is 0 Å². The molecule has 0 atom stereocenters. The maximum Gasteiger partial charge on any atom is 0.275 e. The first-order valence-corrected chi connectivity index (χ1v) is 8.39. The van der Waals surface area contributed by atoms with Gasteiger partial charge in [-0.1, -0.05) is 38.1 Å². The predicted octanol–water partition coefficient (Wildman–Crippen LogP) is 4.67. The molecule has 0 fully saturated rings. The first kappa shape index (κ1) is 17.7. The van der Waals surface area contributed by atoms with E-state index in [0.717, 1.165) is 11.4 Å². The summed E-state index contributed by atoms with van der Waals surface area (Å²) in [5.41, 5.74) is 3.48. The van der Waals surface area contributed by atoms with Gasteiger partial charge in [0, 0.05) is 11.8 Å². The highest BCUT2D eigenvalue weighted by Crippen LogP contribution is 2.24. The number of rotatable bonds is 4. The molecule has 0 radical (unpaired) electrons. The van der Waals surface area contributed by atoms with E-state index in [1.165, 1.54) is 5.56 Å². The number of pyridine rings is 1. The minimum atomic E-state index is -0.334. The van der Waals surface area contributed by atoms with E-state index in [-0.39, 0.29) is 11.3 Å². The van der Waals surface area contributed by atoms with Crippen LogP contribution in [-0.4, -0.2) is 16.0 Å². The van der Waals surface area contributed by atoms with Crippen LogP contribution in [0.4, 0.5) is 17.2 Å². The van der Waals surface area contributed by atoms with Crippen molar-refractivity contribution in [2.75, 3.05) is 10.6 Å². The number of nitrogens with zero attached hydrogens (tertiary/aromatic N) is 2. The summed E-state index contributed by atoms with van der Waals surface area (Å²) in [5.74, 6) is 0.667. The van der Waals surface area contributed by atoms with E-state index in [2.05, 4.69) is 53.7 Å². The van der Waals surface area contributed by atoms with Gasteiger partial charge in [0.25, 0.3) is 5.91 Å². The predicted molar refractivity (Wildman–Crippen MR) is 102 cm³/mol. The van der Waals surface area contributed by atoms with Crippen molar-refractivity contribution >= 4 is 23.1 Å². The summed E-state index contributed by atoms with van der Waals surface area (Å²) >= 11 is 0. The molecule has 26 heavy (non-hydrogen) atoms. The van der Waals surface area contributed by atoms with Crippen molar-refractivity contribution in [3.8, 4) is 0 Å². The van der Waals surface area contributed by atoms with Gasteiger partial charge in [0.05, 0.1) is 11.9 Å². The molecule has 6 heteroatoms. The molecule has 6 nitrogen and oxygen atoms in total. The van der Waals surface area contributed by atoms with Gasteiger partial charge in [-0.2, -0.15) is 0 Å². The molecule has 3 rings (SSSR count). The van der Waals surface area contributed by atoms with Gasteiger partial charge >= 0.3 is 0 Å². The van der Waals surface area contributed by atoms with Crippen molar-refractivity contribution in [3.05, 3.63) is 65.7 Å². The zero-order valence-electron chi connectivity index (χ0n) is 15.3. The average Bonchev–Trinajstić information content (AvgIpc) is 3.00. The van der Waals surface area contributed by atoms with Crippen molar-refractivity contribution < 1.29 is 9.32 Å². The van der Waals surface area contributed by atoms with Crippen LogP contribution in [0, 0.1) is 6.92 Å². The summed E-state index contributed by atoms with van der Waals surface area (Å²) in [4.78, 5) is 16.4. The van der Waals surface area contributed by atoms with E-state index in [1.807, 2.05) is 18.2 Å². The van der Waals surface area contributed by atoms with Gasteiger partial charge in [0.1, 0.15) is 11.5 Å². The third-order valence-electron chi connectivity index (χ3n) is 3.91. The number of aromatic nitrogens is 2. The summed E-state index contributed by atoms with van der Waals surface area (Å²) in [6.45, 7) is 8.31. The number of anilines is 3. The van der Waals surface area contributed by atoms with Crippen LogP contribution in [0.1, 0.15) is 42.6 Å². The van der Waals surface area contributed by atoms with Gasteiger partial charge in [-0.3, -0.25) is 4.79 Å². The summed E-state index contributed by atoms with van der Waals surface area (Å²) < 4.78 is 4.92. The number of carbonyl (C=O) groups excluding carboxylic acids is 1. The number of nitrogens with one attached hydrogen (secondary N) is 2. The monoisotopic (exact) mass is 350 g/mol. The van der Waals surface area contributed by atoms with Crippen LogP contribution in [0.3, 0.4) is 0 Å². The molecular formula is C20H22N4O2. The van der Waals surface area contributed by atoms with E-state index in [9.17, 15) is 4.79 Å². The molecular weight excluding hydrogens is 328 g/mol. The van der Waals surface area contributed by atoms with Crippen molar-refractivity contribution in [2.24, 2.45) is 0 Å². The Balaban J connectivity index is 1.65. The Hall–Kier alpha value is -3.15. The molecule has 0 unspecified atom stereocenters. The molecule has 0 saturated heterocycles. The quantitative estimate of drug-likeness (QED) is 0.714. The molecule has 0 saturated carbocycles. The number of benzene rings is 1. The Morgan fingerprint density at radius 3 is 2.27 bits per heavy atom. The minimum absolute atomic E-state index is 0.122. The largest absolute Gasteiger partial charge is 0.360 e. The zero-order chi connectivity index (χ0) is 18.7. The van der Waals surface area contributed by atoms with E-state index in [4.69, 9.17) is 4.52 Å². The highest BCUT2D eigenvalue weighted by Gasteiger charge is 2.13. The third kappa shape index (κ3) is 4.27. The lowest BCUT2D eigenvalue weighted by Crippen LogP contribution is -2.13. The Morgan fingerprint density at radius 2 is 1.73 bits per heavy atom. The molecule has 3 aromatic rings. The molecule has 134 valence electrons. The Morgan fingerprint density at radius 1 is 1.04 bits per heavy atom. The van der Waals surface area contributed by atoms with Crippen molar-refractivity contribution in [3.63, 3.8) is 0 Å². The molecule has 0 spiro atoms. The molecule has 2 aromatic heterocycles. The van der Waals surface area contributed by atoms with E-state index in [0.29, 0.717) is 17.3 Å². The molecule has 2 heterocycles. The molecule has 1 aromatic carbocycles. The lowest BCUT2D eigenvalue weighted by atomic mass is 9.87. The van der Waals surface area contributed by atoms with Crippen LogP contribution in [0.5, 0.6) is 0 Å². The maximum atomic E-state index is 12.1. The molecule has 0 aliphatic carbocycles. The van der Waals surface area contributed by atoms with Crippen LogP contribution < -0.4 is 10.6 Å². The Kier molecular flexibility index (Phi) is 4.75. The number of carbonyl (C=O) groups is 1. The fraction of sp³-hybridized carbons (Fsp3) is 0.250. The van der Waals surface area contributed by atoms with E-state index in [1.54, 1.807) is 25.3 Å². The lowest BCUT2D eigenvalue weighted by molar-refractivity contribution is 0.102. The first-order chi connectivity index (χ1) is 12.3. The second-order valence-electron chi connectivity index (χ2n) is 7.16. The van der Waals surface area contributed by atoms with Crippen molar-refractivity contribution in [1.29, 1.82) is 0 Å². The zero-order valence-corrected chi connectivity index (χ0v) is 15.3. The van der Waals surface area contributed by atoms with Crippen LogP contribution in [0.25, 0.3) is 0 Å². The minimum Gasteiger partial charge on any atom is -0.360 e. The van der Waals surface area contributed by atoms with Gasteiger partial charge in [-0.15, -0.1) is 0 Å². The highest BCUT2D eigenvalue weighted by molar-refractivity contribution is 6.02. The van der Waals surface area contributed by atoms with E-state index < -0.39 is 0 Å². The third-order valence-corrected chi connectivity index (χ3v) is 3.91. The second kappa shape index (κ2) is 7.00. The fourth-order valence-electron chi connectivity index (χ4n) is 2.43. The summed E-state index contributed by atoms with van der Waals surface area (Å²) in [5, 5.41) is 9.65. The first-order valence-electron chi connectivity index (χ1n) is 8.39. The smallest absolute Gasteiger partial charge is 0.275 e. The van der Waals surface area contributed by atoms with Crippen molar-refractivity contribution in [1.82, 2.24) is 10.1 Å². The topological polar surface area (TPSA) is 80.0 Å². The van der Waals surface area contributed by atoms with Gasteiger partial charge < -0.3 is 15.2 Å². The van der Waals surface area contributed by atoms with Crippen LogP contribution in [-0.2, 0) is 5.41 Å². The SMILES string of the molecule is Cc1cc(NC(=O)c2ccc(Nc3ccc(C(C)(C)C)cc3)cn2)no1. The number of hydrogen-bond acceptors (Lipinski definition) is 5. The molecule has 0 bridgehead atoms. The summed E-state index contributed by atoms with van der Waals surface area (Å²) in [6, 6.07) is 13.4. The van der Waals surface area contributed by atoms with Crippen LogP contribution in [0.15, 0.2) is 53.2 Å². The number of amides is 1. The van der Waals surface area contributed by atoms with Gasteiger partial charge in [0.15, 0.2) is 5.82 Å².